The maximum Gasteiger partial charge on any atom is 0.296 e. The number of carbonyl (C=O) groups is 2. The molecular formula is C21H17N3O9S2. The van der Waals surface area contributed by atoms with E-state index in [-0.39, 0.29) is 33.8 Å². The molecule has 0 spiro atoms. The van der Waals surface area contributed by atoms with Gasteiger partial charge in [-0.25, -0.2) is 0 Å². The number of benzene rings is 3. The van der Waals surface area contributed by atoms with E-state index in [2.05, 4.69) is 5.32 Å². The van der Waals surface area contributed by atoms with Gasteiger partial charge in [-0.05, 0) is 12.1 Å². The number of hydrogen-bond donors (Lipinski definition) is 5. The highest BCUT2D eigenvalue weighted by atomic mass is 32.2. The van der Waals surface area contributed by atoms with E-state index in [1.165, 1.54) is 31.4 Å². The van der Waals surface area contributed by atoms with Crippen LogP contribution in [0.25, 0.3) is 0 Å². The number of hydrogen-bond acceptors (Lipinski definition) is 10. The first-order valence-electron chi connectivity index (χ1n) is 9.60. The molecule has 3 aromatic carbocycles. The van der Waals surface area contributed by atoms with Gasteiger partial charge in [-0.1, -0.05) is 24.3 Å². The lowest BCUT2D eigenvalue weighted by atomic mass is 9.82. The molecule has 35 heavy (non-hydrogen) atoms. The van der Waals surface area contributed by atoms with Crippen LogP contribution in [0.2, 0.25) is 0 Å². The summed E-state index contributed by atoms with van der Waals surface area (Å²) in [7, 11) is -8.48. The van der Waals surface area contributed by atoms with Gasteiger partial charge in [-0.3, -0.25) is 18.7 Å². The molecule has 0 heterocycles. The maximum absolute atomic E-state index is 13.4. The van der Waals surface area contributed by atoms with Crippen molar-refractivity contribution in [2.75, 3.05) is 23.9 Å². The Morgan fingerprint density at radius 1 is 0.800 bits per heavy atom. The van der Waals surface area contributed by atoms with Crippen LogP contribution >= 0.6 is 0 Å². The largest absolute Gasteiger partial charge is 0.495 e. The van der Waals surface area contributed by atoms with Crippen molar-refractivity contribution in [2.45, 2.75) is 9.79 Å². The Bertz CT molecular complexity index is 1660. The second kappa shape index (κ2) is 8.06. The lowest BCUT2D eigenvalue weighted by molar-refractivity contribution is 0.0980. The van der Waals surface area contributed by atoms with E-state index >= 15 is 0 Å². The molecule has 0 radical (unpaired) electrons. The Hall–Kier alpha value is -3.98. The van der Waals surface area contributed by atoms with Crippen LogP contribution in [0.15, 0.2) is 52.3 Å². The molecule has 3 aromatic rings. The van der Waals surface area contributed by atoms with Crippen molar-refractivity contribution in [2.24, 2.45) is 0 Å². The summed E-state index contributed by atoms with van der Waals surface area (Å²) in [5.41, 5.74) is 9.67. The van der Waals surface area contributed by atoms with E-state index < -0.39 is 58.5 Å². The maximum atomic E-state index is 13.4. The number of nitrogens with one attached hydrogen (secondary N) is 1. The molecule has 12 nitrogen and oxygen atoms in total. The van der Waals surface area contributed by atoms with Crippen LogP contribution in [0, 0.1) is 0 Å². The van der Waals surface area contributed by atoms with E-state index in [0.717, 1.165) is 18.2 Å². The minimum Gasteiger partial charge on any atom is -0.495 e. The molecule has 0 aliphatic heterocycles. The molecule has 1 aliphatic carbocycles. The molecule has 0 unspecified atom stereocenters. The van der Waals surface area contributed by atoms with E-state index in [1.807, 2.05) is 0 Å². The van der Waals surface area contributed by atoms with E-state index in [9.17, 15) is 35.5 Å². The van der Waals surface area contributed by atoms with E-state index in [1.54, 1.807) is 0 Å². The Morgan fingerprint density at radius 2 is 1.34 bits per heavy atom. The lowest BCUT2D eigenvalue weighted by Gasteiger charge is -2.24. The van der Waals surface area contributed by atoms with Crippen LogP contribution in [0.1, 0.15) is 31.8 Å². The molecule has 0 aromatic heterocycles. The van der Waals surface area contributed by atoms with Crippen molar-refractivity contribution < 1.29 is 40.3 Å². The van der Waals surface area contributed by atoms with Gasteiger partial charge in [0.2, 0.25) is 0 Å². The number of methoxy groups -OCH3 is 1. The SMILES string of the molecule is COc1cc(S(=O)(=O)O)c(N)cc1Nc1cc(S(=O)(=O)O)c(N)c2c1C(=O)c1ccccc1C2=O. The van der Waals surface area contributed by atoms with Crippen LogP contribution in [0.4, 0.5) is 22.7 Å². The summed E-state index contributed by atoms with van der Waals surface area (Å²) in [6, 6.07) is 8.66. The Balaban J connectivity index is 2.02. The van der Waals surface area contributed by atoms with Crippen molar-refractivity contribution in [3.63, 3.8) is 0 Å². The summed E-state index contributed by atoms with van der Waals surface area (Å²) in [4.78, 5) is 25.1. The zero-order valence-corrected chi connectivity index (χ0v) is 19.4. The van der Waals surface area contributed by atoms with Gasteiger partial charge in [0, 0.05) is 17.2 Å². The Labute approximate surface area is 199 Å². The summed E-state index contributed by atoms with van der Waals surface area (Å²) >= 11 is 0. The predicted molar refractivity (Wildman–Crippen MR) is 124 cm³/mol. The first-order valence-corrected chi connectivity index (χ1v) is 12.5. The van der Waals surface area contributed by atoms with Gasteiger partial charge in [-0.2, -0.15) is 16.8 Å². The summed E-state index contributed by atoms with van der Waals surface area (Å²) in [5.74, 6) is -1.57. The fourth-order valence-corrected chi connectivity index (χ4v) is 5.08. The highest BCUT2D eigenvalue weighted by Crippen LogP contribution is 2.42. The van der Waals surface area contributed by atoms with E-state index in [0.29, 0.717) is 0 Å². The number of fused-ring (bicyclic) bond motifs is 2. The standard InChI is InChI=1S/C21H17N3O9S2/c1-33-14-8-15(34(27,28)29)11(22)6-12(14)24-13-7-16(35(30,31)32)19(23)18-17(13)20(25)9-4-2-3-5-10(9)21(18)26/h2-8,24H,22-23H2,1H3,(H,27,28,29)(H,30,31,32). The van der Waals surface area contributed by atoms with Crippen LogP contribution in [-0.2, 0) is 20.2 Å². The molecule has 0 fully saturated rings. The number of ketones is 2. The average Bonchev–Trinajstić information content (AvgIpc) is 2.76. The average molecular weight is 520 g/mol. The molecule has 4 rings (SSSR count). The minimum absolute atomic E-state index is 0.00512. The molecule has 7 N–H and O–H groups in total. The predicted octanol–water partition coefficient (Wildman–Crippen LogP) is 1.87. The number of nitrogen functional groups attached to an aromatic ring is 2. The lowest BCUT2D eigenvalue weighted by Crippen LogP contribution is -2.25. The third-order valence-electron chi connectivity index (χ3n) is 5.36. The molecular weight excluding hydrogens is 502 g/mol. The van der Waals surface area contributed by atoms with Crippen molar-refractivity contribution in [3.8, 4) is 5.75 Å². The van der Waals surface area contributed by atoms with Crippen molar-refractivity contribution >= 4 is 54.6 Å². The first kappa shape index (κ1) is 24.2. The van der Waals surface area contributed by atoms with Crippen LogP contribution in [-0.4, -0.2) is 44.6 Å². The minimum atomic E-state index is -4.95. The molecule has 0 saturated carbocycles. The molecule has 0 atom stereocenters. The number of nitrogens with two attached hydrogens (primary N) is 2. The first-order chi connectivity index (χ1) is 16.3. The number of rotatable bonds is 5. The van der Waals surface area contributed by atoms with E-state index in [4.69, 9.17) is 16.2 Å². The van der Waals surface area contributed by atoms with Crippen molar-refractivity contribution in [1.29, 1.82) is 0 Å². The smallest absolute Gasteiger partial charge is 0.296 e. The van der Waals surface area contributed by atoms with Gasteiger partial charge >= 0.3 is 0 Å². The summed E-state index contributed by atoms with van der Waals surface area (Å²) in [6.45, 7) is 0. The highest BCUT2D eigenvalue weighted by molar-refractivity contribution is 7.86. The summed E-state index contributed by atoms with van der Waals surface area (Å²) in [5, 5.41) is 2.71. The van der Waals surface area contributed by atoms with Gasteiger partial charge in [0.15, 0.2) is 11.6 Å². The van der Waals surface area contributed by atoms with Gasteiger partial charge < -0.3 is 21.5 Å². The second-order valence-corrected chi connectivity index (χ2v) is 10.2. The third kappa shape index (κ3) is 3.97. The fraction of sp³-hybridized carbons (Fsp3) is 0.0476. The van der Waals surface area contributed by atoms with Gasteiger partial charge in [-0.15, -0.1) is 0 Å². The van der Waals surface area contributed by atoms with Crippen molar-refractivity contribution in [1.82, 2.24) is 0 Å². The topological polar surface area (TPSA) is 216 Å². The Morgan fingerprint density at radius 3 is 1.86 bits per heavy atom. The number of carbonyl (C=O) groups excluding carboxylic acids is 2. The normalized spacial score (nSPS) is 13.2. The van der Waals surface area contributed by atoms with Crippen LogP contribution in [0.5, 0.6) is 5.75 Å². The molecule has 0 saturated heterocycles. The third-order valence-corrected chi connectivity index (χ3v) is 7.16. The monoisotopic (exact) mass is 519 g/mol. The Kier molecular flexibility index (Phi) is 5.56. The highest BCUT2D eigenvalue weighted by Gasteiger charge is 2.36. The molecule has 0 bridgehead atoms. The zero-order valence-electron chi connectivity index (χ0n) is 17.8. The molecule has 0 amide bonds. The van der Waals surface area contributed by atoms with Gasteiger partial charge in [0.1, 0.15) is 15.5 Å². The molecule has 182 valence electrons. The quantitative estimate of drug-likeness (QED) is 0.189. The van der Waals surface area contributed by atoms with Gasteiger partial charge in [0.25, 0.3) is 20.2 Å². The summed E-state index contributed by atoms with van der Waals surface area (Å²) in [6.07, 6.45) is 0. The summed E-state index contributed by atoms with van der Waals surface area (Å²) < 4.78 is 71.4. The fourth-order valence-electron chi connectivity index (χ4n) is 3.82. The molecule has 14 heteroatoms. The zero-order chi connectivity index (χ0) is 25.9. The second-order valence-electron chi connectivity index (χ2n) is 7.46. The number of ether oxygens (including phenoxy) is 1. The van der Waals surface area contributed by atoms with Crippen LogP contribution < -0.4 is 21.5 Å². The molecule has 1 aliphatic rings. The van der Waals surface area contributed by atoms with Crippen molar-refractivity contribution in [3.05, 3.63) is 64.7 Å². The number of anilines is 4. The van der Waals surface area contributed by atoms with Crippen LogP contribution in [0.3, 0.4) is 0 Å². The van der Waals surface area contributed by atoms with Gasteiger partial charge in [0.05, 0.1) is 41.0 Å².